The average Bonchev–Trinajstić information content (AvgIpc) is 2.64. The predicted octanol–water partition coefficient (Wildman–Crippen LogP) is 2.92. The van der Waals surface area contributed by atoms with Gasteiger partial charge in [0, 0.05) is 17.8 Å². The van der Waals surface area contributed by atoms with E-state index in [0.717, 1.165) is 16.0 Å². The van der Waals surface area contributed by atoms with Gasteiger partial charge in [-0.1, -0.05) is 29.8 Å². The number of rotatable bonds is 6. The van der Waals surface area contributed by atoms with Gasteiger partial charge in [-0.3, -0.25) is 9.59 Å². The lowest BCUT2D eigenvalue weighted by molar-refractivity contribution is -0.136. The topological polar surface area (TPSA) is 95.9 Å². The highest BCUT2D eigenvalue weighted by Crippen LogP contribution is 2.22. The van der Waals surface area contributed by atoms with Gasteiger partial charge in [-0.25, -0.2) is 4.79 Å². The Bertz CT molecular complexity index is 893. The molecule has 0 aliphatic carbocycles. The number of halogens is 1. The Morgan fingerprint density at radius 1 is 1.14 bits per heavy atom. The van der Waals surface area contributed by atoms with Crippen molar-refractivity contribution in [2.75, 3.05) is 25.5 Å². The molecule has 7 nitrogen and oxygen atoms in total. The Hall–Kier alpha value is -3.06. The zero-order chi connectivity index (χ0) is 20.8. The lowest BCUT2D eigenvalue weighted by atomic mass is 10.1. The number of carbonyl (C=O) groups is 3. The normalized spacial score (nSPS) is 10.3. The molecule has 0 aromatic heterocycles. The monoisotopic (exact) mass is 404 g/mol. The molecule has 2 rings (SSSR count). The number of benzene rings is 2. The number of esters is 1. The van der Waals surface area contributed by atoms with Crippen molar-refractivity contribution in [3.63, 3.8) is 0 Å². The van der Waals surface area contributed by atoms with Crippen molar-refractivity contribution in [2.24, 2.45) is 0 Å². The van der Waals surface area contributed by atoms with Crippen LogP contribution in [0.1, 0.15) is 21.5 Å². The third-order valence-corrected chi connectivity index (χ3v) is 4.29. The molecule has 0 unspecified atom stereocenters. The number of nitrogens with zero attached hydrogens (tertiary/aromatic N) is 1. The third kappa shape index (κ3) is 5.47. The molecule has 2 N–H and O–H groups in total. The van der Waals surface area contributed by atoms with Gasteiger partial charge in [-0.2, -0.15) is 0 Å². The Morgan fingerprint density at radius 2 is 1.79 bits per heavy atom. The summed E-state index contributed by atoms with van der Waals surface area (Å²) in [6, 6.07) is 9.56. The molecule has 0 saturated heterocycles. The number of para-hydroxylation sites is 1. The van der Waals surface area contributed by atoms with Crippen LogP contribution in [0.5, 0.6) is 5.75 Å². The van der Waals surface area contributed by atoms with Crippen LogP contribution in [0.2, 0.25) is 5.02 Å². The number of phenolic OH excluding ortho intramolecular Hbond substituents is 1. The molecule has 28 heavy (non-hydrogen) atoms. The molecule has 0 bridgehead atoms. The van der Waals surface area contributed by atoms with Crippen LogP contribution in [0.25, 0.3) is 0 Å². The molecule has 0 aliphatic rings. The first kappa shape index (κ1) is 21.2. The molecule has 0 radical (unpaired) electrons. The Labute approximate surface area is 167 Å². The average molecular weight is 405 g/mol. The number of carbonyl (C=O) groups excluding carboxylic acids is 3. The molecule has 0 aliphatic heterocycles. The summed E-state index contributed by atoms with van der Waals surface area (Å²) < 4.78 is 4.90. The minimum atomic E-state index is -0.887. The van der Waals surface area contributed by atoms with Crippen molar-refractivity contribution in [3.8, 4) is 5.75 Å². The van der Waals surface area contributed by atoms with Crippen LogP contribution >= 0.6 is 11.6 Å². The summed E-state index contributed by atoms with van der Waals surface area (Å²) in [5.41, 5.74) is 2.39. The smallest absolute Gasteiger partial charge is 0.342 e. The minimum absolute atomic E-state index is 0.143. The molecule has 8 heteroatoms. The van der Waals surface area contributed by atoms with Crippen LogP contribution in [0.4, 0.5) is 5.69 Å². The fourth-order valence-electron chi connectivity index (χ4n) is 2.48. The zero-order valence-electron chi connectivity index (χ0n) is 15.8. The lowest BCUT2D eigenvalue weighted by Crippen LogP contribution is -2.37. The Morgan fingerprint density at radius 3 is 2.43 bits per heavy atom. The quantitative estimate of drug-likeness (QED) is 0.721. The second kappa shape index (κ2) is 9.23. The fraction of sp³-hybridized carbons (Fsp3) is 0.250. The summed E-state index contributed by atoms with van der Waals surface area (Å²) in [4.78, 5) is 37.5. The number of aryl methyl sites for hydroxylation is 2. The number of nitrogens with one attached hydrogen (secondary N) is 1. The standard InChI is InChI=1S/C20H21ClN2O5/c1-12-5-4-6-13(2)19(12)22-17(25)10-23(3)18(26)11-28-20(27)15-9-14(21)7-8-16(15)24/h4-9,24H,10-11H2,1-3H3,(H,22,25). The molecule has 0 fully saturated rings. The number of ether oxygens (including phenoxy) is 1. The lowest BCUT2D eigenvalue weighted by Gasteiger charge is -2.18. The molecule has 0 spiro atoms. The maximum absolute atomic E-state index is 12.2. The van der Waals surface area contributed by atoms with Gasteiger partial charge >= 0.3 is 5.97 Å². The number of likely N-dealkylation sites (N-methyl/N-ethyl adjacent to an activating group) is 1. The van der Waals surface area contributed by atoms with E-state index >= 15 is 0 Å². The first-order valence-corrected chi connectivity index (χ1v) is 8.82. The number of anilines is 1. The van der Waals surface area contributed by atoms with Gasteiger partial charge in [-0.15, -0.1) is 0 Å². The van der Waals surface area contributed by atoms with Crippen molar-refractivity contribution in [1.82, 2.24) is 4.90 Å². The van der Waals surface area contributed by atoms with Crippen LogP contribution in [-0.4, -0.2) is 48.0 Å². The van der Waals surface area contributed by atoms with Gasteiger partial charge in [-0.05, 0) is 43.2 Å². The SMILES string of the molecule is Cc1cccc(C)c1NC(=O)CN(C)C(=O)COC(=O)c1cc(Cl)ccc1O. The summed E-state index contributed by atoms with van der Waals surface area (Å²) >= 11 is 5.78. The second-order valence-electron chi connectivity index (χ2n) is 6.30. The molecule has 0 heterocycles. The number of hydrogen-bond acceptors (Lipinski definition) is 5. The summed E-state index contributed by atoms with van der Waals surface area (Å²) in [5.74, 6) is -2.12. The van der Waals surface area contributed by atoms with Crippen molar-refractivity contribution in [3.05, 3.63) is 58.1 Å². The van der Waals surface area contributed by atoms with E-state index in [4.69, 9.17) is 16.3 Å². The predicted molar refractivity (Wildman–Crippen MR) is 106 cm³/mol. The Kier molecular flexibility index (Phi) is 7.00. The molecule has 2 amide bonds. The number of hydrogen-bond donors (Lipinski definition) is 2. The van der Waals surface area contributed by atoms with E-state index in [2.05, 4.69) is 5.32 Å². The maximum Gasteiger partial charge on any atom is 0.342 e. The van der Waals surface area contributed by atoms with Gasteiger partial charge in [0.15, 0.2) is 6.61 Å². The van der Waals surface area contributed by atoms with E-state index in [0.29, 0.717) is 5.69 Å². The van der Waals surface area contributed by atoms with E-state index in [1.807, 2.05) is 32.0 Å². The summed E-state index contributed by atoms with van der Waals surface area (Å²) in [6.45, 7) is 2.98. The van der Waals surface area contributed by atoms with Crippen molar-refractivity contribution >= 4 is 35.1 Å². The van der Waals surface area contributed by atoms with Crippen LogP contribution in [0, 0.1) is 13.8 Å². The molecule has 0 saturated carbocycles. The summed E-state index contributed by atoms with van der Waals surface area (Å²) in [7, 11) is 1.43. The van der Waals surface area contributed by atoms with Gasteiger partial charge in [0.1, 0.15) is 11.3 Å². The van der Waals surface area contributed by atoms with Crippen molar-refractivity contribution < 1.29 is 24.2 Å². The first-order valence-electron chi connectivity index (χ1n) is 8.44. The molecule has 2 aromatic carbocycles. The van der Waals surface area contributed by atoms with E-state index in [9.17, 15) is 19.5 Å². The Balaban J connectivity index is 1.89. The summed E-state index contributed by atoms with van der Waals surface area (Å²) in [6.07, 6.45) is 0. The van der Waals surface area contributed by atoms with Crippen molar-refractivity contribution in [2.45, 2.75) is 13.8 Å². The van der Waals surface area contributed by atoms with Gasteiger partial charge in [0.2, 0.25) is 5.91 Å². The number of phenols is 1. The minimum Gasteiger partial charge on any atom is -0.507 e. The van der Waals surface area contributed by atoms with Crippen LogP contribution in [0.15, 0.2) is 36.4 Å². The fourth-order valence-corrected chi connectivity index (χ4v) is 2.65. The first-order chi connectivity index (χ1) is 13.2. The van der Waals surface area contributed by atoms with Crippen molar-refractivity contribution in [1.29, 1.82) is 0 Å². The largest absolute Gasteiger partial charge is 0.507 e. The molecule has 2 aromatic rings. The molecule has 0 atom stereocenters. The van der Waals surface area contributed by atoms with E-state index in [1.54, 1.807) is 0 Å². The number of amides is 2. The number of aromatic hydroxyl groups is 1. The van der Waals surface area contributed by atoms with E-state index in [1.165, 1.54) is 25.2 Å². The molecule has 148 valence electrons. The third-order valence-electron chi connectivity index (χ3n) is 4.06. The zero-order valence-corrected chi connectivity index (χ0v) is 16.5. The summed E-state index contributed by atoms with van der Waals surface area (Å²) in [5, 5.41) is 12.7. The van der Waals surface area contributed by atoms with Gasteiger partial charge in [0.25, 0.3) is 5.91 Å². The van der Waals surface area contributed by atoms with Crippen LogP contribution < -0.4 is 5.32 Å². The highest BCUT2D eigenvalue weighted by atomic mass is 35.5. The van der Waals surface area contributed by atoms with Gasteiger partial charge < -0.3 is 20.1 Å². The maximum atomic E-state index is 12.2. The second-order valence-corrected chi connectivity index (χ2v) is 6.74. The molecular formula is C20H21ClN2O5. The van der Waals surface area contributed by atoms with Gasteiger partial charge in [0.05, 0.1) is 6.54 Å². The van der Waals surface area contributed by atoms with Crippen LogP contribution in [-0.2, 0) is 14.3 Å². The van der Waals surface area contributed by atoms with E-state index in [-0.39, 0.29) is 28.8 Å². The van der Waals surface area contributed by atoms with E-state index < -0.39 is 18.5 Å². The van der Waals surface area contributed by atoms with Crippen LogP contribution in [0.3, 0.4) is 0 Å². The highest BCUT2D eigenvalue weighted by Gasteiger charge is 2.18. The molecular weight excluding hydrogens is 384 g/mol. The highest BCUT2D eigenvalue weighted by molar-refractivity contribution is 6.31.